The normalized spacial score (nSPS) is 21.5. The summed E-state index contributed by atoms with van der Waals surface area (Å²) < 4.78 is 46.5. The Bertz CT molecular complexity index is 1460. The van der Waals surface area contributed by atoms with Gasteiger partial charge in [-0.15, -0.1) is 0 Å². The molecule has 4 aromatic rings. The Kier molecular flexibility index (Phi) is 6.69. The minimum atomic E-state index is -4.48. The van der Waals surface area contributed by atoms with Gasteiger partial charge in [0.25, 0.3) is 5.91 Å². The van der Waals surface area contributed by atoms with E-state index in [0.717, 1.165) is 12.1 Å². The molecule has 1 saturated heterocycles. The lowest BCUT2D eigenvalue weighted by Crippen LogP contribution is -2.41. The minimum absolute atomic E-state index is 0.00458. The summed E-state index contributed by atoms with van der Waals surface area (Å²) in [4.78, 5) is 29.6. The van der Waals surface area contributed by atoms with E-state index in [2.05, 4.69) is 30.6 Å². The first-order chi connectivity index (χ1) is 18.2. The lowest BCUT2D eigenvalue weighted by atomic mass is 10.1. The molecule has 0 radical (unpaired) electrons. The van der Waals surface area contributed by atoms with E-state index in [9.17, 15) is 28.2 Å². The number of amides is 1. The summed E-state index contributed by atoms with van der Waals surface area (Å²) in [7, 11) is 1.38. The van der Waals surface area contributed by atoms with Crippen LogP contribution in [0.4, 0.5) is 19.0 Å². The fourth-order valence-electron chi connectivity index (χ4n) is 4.14. The highest BCUT2D eigenvalue weighted by Gasteiger charge is 2.47. The maximum atomic E-state index is 13.2. The van der Waals surface area contributed by atoms with Crippen molar-refractivity contribution in [3.05, 3.63) is 66.2 Å². The number of aliphatic hydroxyl groups excluding tert-OH is 2. The Morgan fingerprint density at radius 3 is 2.68 bits per heavy atom. The van der Waals surface area contributed by atoms with Crippen molar-refractivity contribution in [1.29, 1.82) is 0 Å². The molecule has 198 valence electrons. The highest BCUT2D eigenvalue weighted by atomic mass is 19.4. The molecule has 0 bridgehead atoms. The van der Waals surface area contributed by atoms with E-state index < -0.39 is 42.2 Å². The van der Waals surface area contributed by atoms with E-state index in [1.54, 1.807) is 24.4 Å². The zero-order chi connectivity index (χ0) is 27.0. The number of hydrogen-bond acceptors (Lipinski definition) is 9. The molecule has 38 heavy (non-hydrogen) atoms. The molecular formula is C24H22F3N7O4. The second kappa shape index (κ2) is 9.96. The van der Waals surface area contributed by atoms with Crippen molar-refractivity contribution in [2.75, 3.05) is 12.4 Å². The van der Waals surface area contributed by atoms with E-state index in [-0.39, 0.29) is 29.4 Å². The topological polar surface area (TPSA) is 147 Å². The molecule has 4 N–H and O–H groups in total. The third kappa shape index (κ3) is 4.76. The number of rotatable bonds is 6. The van der Waals surface area contributed by atoms with Crippen LogP contribution in [0.2, 0.25) is 0 Å². The molecule has 0 spiro atoms. The number of halogens is 3. The van der Waals surface area contributed by atoms with Crippen molar-refractivity contribution in [3.8, 4) is 11.4 Å². The van der Waals surface area contributed by atoms with E-state index in [1.165, 1.54) is 30.2 Å². The number of hydrogen-bond donors (Lipinski definition) is 4. The van der Waals surface area contributed by atoms with Gasteiger partial charge in [-0.3, -0.25) is 14.3 Å². The van der Waals surface area contributed by atoms with Crippen molar-refractivity contribution < 1.29 is 32.9 Å². The molecule has 3 aromatic heterocycles. The molecule has 14 heteroatoms. The molecule has 1 amide bonds. The summed E-state index contributed by atoms with van der Waals surface area (Å²) in [5.74, 6) is -0.187. The summed E-state index contributed by atoms with van der Waals surface area (Å²) in [5, 5.41) is 26.4. The zero-order valence-electron chi connectivity index (χ0n) is 19.8. The molecule has 1 aliphatic heterocycles. The number of pyridine rings is 1. The molecular weight excluding hydrogens is 507 g/mol. The highest BCUT2D eigenvalue weighted by Crippen LogP contribution is 2.34. The average Bonchev–Trinajstić information content (AvgIpc) is 3.47. The smallest absolute Gasteiger partial charge is 0.387 e. The van der Waals surface area contributed by atoms with Crippen LogP contribution in [-0.2, 0) is 22.3 Å². The Hall–Kier alpha value is -4.14. The van der Waals surface area contributed by atoms with Crippen LogP contribution in [0, 0.1) is 0 Å². The Morgan fingerprint density at radius 1 is 1.16 bits per heavy atom. The molecule has 1 aliphatic rings. The molecule has 1 aromatic carbocycles. The fourth-order valence-corrected chi connectivity index (χ4v) is 4.14. The van der Waals surface area contributed by atoms with Crippen molar-refractivity contribution >= 4 is 22.9 Å². The van der Waals surface area contributed by atoms with Crippen molar-refractivity contribution in [2.24, 2.45) is 0 Å². The number of aliphatic hydroxyl groups is 2. The predicted octanol–water partition coefficient (Wildman–Crippen LogP) is 1.88. The lowest BCUT2D eigenvalue weighted by Gasteiger charge is -2.17. The highest BCUT2D eigenvalue weighted by molar-refractivity contribution is 5.85. The second-order valence-electron chi connectivity index (χ2n) is 8.56. The van der Waals surface area contributed by atoms with Crippen LogP contribution in [0.3, 0.4) is 0 Å². The third-order valence-corrected chi connectivity index (χ3v) is 6.07. The third-order valence-electron chi connectivity index (χ3n) is 6.07. The van der Waals surface area contributed by atoms with E-state index in [4.69, 9.17) is 4.74 Å². The maximum absolute atomic E-state index is 13.2. The average molecular weight is 529 g/mol. The van der Waals surface area contributed by atoms with Crippen molar-refractivity contribution in [1.82, 2.24) is 29.8 Å². The summed E-state index contributed by atoms with van der Waals surface area (Å²) in [5.41, 5.74) is 0.555. The largest absolute Gasteiger partial charge is 0.416 e. The number of nitrogens with one attached hydrogen (secondary N) is 2. The van der Waals surface area contributed by atoms with Gasteiger partial charge in [-0.1, -0.05) is 12.1 Å². The van der Waals surface area contributed by atoms with Crippen LogP contribution in [0.5, 0.6) is 0 Å². The molecule has 0 saturated carbocycles. The van der Waals surface area contributed by atoms with Crippen molar-refractivity contribution in [2.45, 2.75) is 37.3 Å². The van der Waals surface area contributed by atoms with Crippen LogP contribution >= 0.6 is 0 Å². The first-order valence-electron chi connectivity index (χ1n) is 11.5. The Morgan fingerprint density at radius 2 is 1.97 bits per heavy atom. The van der Waals surface area contributed by atoms with E-state index in [1.807, 2.05) is 0 Å². The van der Waals surface area contributed by atoms with Gasteiger partial charge < -0.3 is 25.6 Å². The Balaban J connectivity index is 1.54. The van der Waals surface area contributed by atoms with Gasteiger partial charge in [0.05, 0.1) is 11.9 Å². The number of alkyl halides is 3. The molecule has 1 fully saturated rings. The maximum Gasteiger partial charge on any atom is 0.416 e. The summed E-state index contributed by atoms with van der Waals surface area (Å²) in [6.07, 6.45) is -5.57. The first kappa shape index (κ1) is 25.5. The molecule has 3 unspecified atom stereocenters. The molecule has 4 atom stereocenters. The number of ether oxygens (including phenoxy) is 1. The molecule has 4 heterocycles. The Labute approximate surface area is 213 Å². The number of anilines is 1. The van der Waals surface area contributed by atoms with Gasteiger partial charge >= 0.3 is 6.18 Å². The number of carbonyl (C=O) groups excluding carboxylic acids is 1. The van der Waals surface area contributed by atoms with Crippen LogP contribution in [-0.4, -0.2) is 66.0 Å². The lowest BCUT2D eigenvalue weighted by molar-refractivity contribution is -0.138. The van der Waals surface area contributed by atoms with Gasteiger partial charge in [-0.2, -0.15) is 13.2 Å². The minimum Gasteiger partial charge on any atom is -0.387 e. The molecule has 0 aliphatic carbocycles. The number of nitrogens with zero attached hydrogens (tertiary/aromatic N) is 5. The van der Waals surface area contributed by atoms with Gasteiger partial charge in [0.2, 0.25) is 0 Å². The van der Waals surface area contributed by atoms with Gasteiger partial charge in [0.15, 0.2) is 35.1 Å². The number of aromatic nitrogens is 5. The predicted molar refractivity (Wildman–Crippen MR) is 127 cm³/mol. The first-order valence-corrected chi connectivity index (χ1v) is 11.5. The summed E-state index contributed by atoms with van der Waals surface area (Å²) in [6.45, 7) is -0.00458. The van der Waals surface area contributed by atoms with Gasteiger partial charge in [-0.05, 0) is 29.8 Å². The summed E-state index contributed by atoms with van der Waals surface area (Å²) >= 11 is 0. The SMILES string of the molecule is CNC(=O)[C@@H]1OC(n2cnc3c(NCc4cccc(C(F)(F)F)c4)nc(-c4cccnc4)nc32)C(O)C1O. The van der Waals surface area contributed by atoms with Crippen LogP contribution in [0.15, 0.2) is 55.1 Å². The number of imidazole rings is 1. The number of fused-ring (bicyclic) bond motifs is 1. The number of carbonyl (C=O) groups is 1. The summed E-state index contributed by atoms with van der Waals surface area (Å²) in [6, 6.07) is 8.29. The van der Waals surface area contributed by atoms with Crippen LogP contribution in [0.25, 0.3) is 22.6 Å². The monoisotopic (exact) mass is 529 g/mol. The number of likely N-dealkylation sites (N-methyl/N-ethyl adjacent to an activating group) is 1. The van der Waals surface area contributed by atoms with Gasteiger partial charge in [0, 0.05) is 31.5 Å². The van der Waals surface area contributed by atoms with E-state index in [0.29, 0.717) is 11.1 Å². The van der Waals surface area contributed by atoms with Crippen molar-refractivity contribution in [3.63, 3.8) is 0 Å². The fraction of sp³-hybridized carbons (Fsp3) is 0.292. The zero-order valence-corrected chi connectivity index (χ0v) is 19.8. The van der Waals surface area contributed by atoms with Gasteiger partial charge in [-0.25, -0.2) is 15.0 Å². The van der Waals surface area contributed by atoms with Gasteiger partial charge in [0.1, 0.15) is 12.2 Å². The number of benzene rings is 1. The van der Waals surface area contributed by atoms with Crippen LogP contribution < -0.4 is 10.6 Å². The van der Waals surface area contributed by atoms with Crippen LogP contribution in [0.1, 0.15) is 17.4 Å². The molecule has 5 rings (SSSR count). The van der Waals surface area contributed by atoms with E-state index >= 15 is 0 Å². The quantitative estimate of drug-likeness (QED) is 0.294. The molecule has 11 nitrogen and oxygen atoms in total. The standard InChI is InChI=1S/C24H22F3N7O4/c1-28-22(37)18-16(35)17(36)23(38-18)34-11-31-15-20(30-9-12-4-2-6-14(8-12)24(25,26)27)32-19(33-21(15)34)13-5-3-7-29-10-13/h2-8,10-11,16-18,23,35-36H,9H2,1H3,(H,28,37)(H,30,32,33)/t16?,17?,18-,23?/m1/s1. The second-order valence-corrected chi connectivity index (χ2v) is 8.56.